The molecule has 4 heteroatoms. The number of hydrogen-bond acceptors (Lipinski definition) is 2. The van der Waals surface area contributed by atoms with Crippen LogP contribution in [-0.2, 0) is 4.79 Å². The molecule has 3 nitrogen and oxygen atoms in total. The molecule has 1 heterocycles. The van der Waals surface area contributed by atoms with Gasteiger partial charge in [-0.1, -0.05) is 19.1 Å². The summed E-state index contributed by atoms with van der Waals surface area (Å²) in [5.74, 6) is 0.176. The molecule has 2 rings (SSSR count). The lowest BCUT2D eigenvalue weighted by molar-refractivity contribution is -0.132. The second-order valence-corrected chi connectivity index (χ2v) is 5.20. The minimum atomic E-state index is -0.229. The standard InChI is InChI=1S/C15H21FN2O/c1-2-3-15(19)18-9-8-13(14(17)10-18)11-4-6-12(16)7-5-11/h4-7,13-14H,2-3,8-10,17H2,1H3. The van der Waals surface area contributed by atoms with Gasteiger partial charge in [0.15, 0.2) is 0 Å². The van der Waals surface area contributed by atoms with Gasteiger partial charge in [0.05, 0.1) is 0 Å². The summed E-state index contributed by atoms with van der Waals surface area (Å²) in [5, 5.41) is 0. The monoisotopic (exact) mass is 264 g/mol. The van der Waals surface area contributed by atoms with Gasteiger partial charge in [0.1, 0.15) is 5.82 Å². The smallest absolute Gasteiger partial charge is 0.222 e. The normalized spacial score (nSPS) is 23.4. The summed E-state index contributed by atoms with van der Waals surface area (Å²) in [4.78, 5) is 13.7. The molecule has 1 aromatic carbocycles. The van der Waals surface area contributed by atoms with Crippen molar-refractivity contribution in [3.63, 3.8) is 0 Å². The van der Waals surface area contributed by atoms with E-state index in [-0.39, 0.29) is 23.7 Å². The molecule has 1 aromatic rings. The maximum atomic E-state index is 12.9. The molecular weight excluding hydrogens is 243 g/mol. The van der Waals surface area contributed by atoms with Crippen molar-refractivity contribution in [3.8, 4) is 0 Å². The molecule has 2 atom stereocenters. The summed E-state index contributed by atoms with van der Waals surface area (Å²) >= 11 is 0. The van der Waals surface area contributed by atoms with Crippen molar-refractivity contribution in [2.45, 2.75) is 38.1 Å². The molecule has 1 aliphatic heterocycles. The van der Waals surface area contributed by atoms with E-state index in [0.29, 0.717) is 13.0 Å². The van der Waals surface area contributed by atoms with E-state index in [9.17, 15) is 9.18 Å². The van der Waals surface area contributed by atoms with Crippen LogP contribution >= 0.6 is 0 Å². The maximum absolute atomic E-state index is 12.9. The molecular formula is C15H21FN2O. The quantitative estimate of drug-likeness (QED) is 0.910. The Labute approximate surface area is 113 Å². The molecule has 2 N–H and O–H groups in total. The first-order chi connectivity index (χ1) is 9.11. The van der Waals surface area contributed by atoms with Crippen LogP contribution in [0.4, 0.5) is 4.39 Å². The van der Waals surface area contributed by atoms with Crippen molar-refractivity contribution in [2.24, 2.45) is 5.73 Å². The minimum Gasteiger partial charge on any atom is -0.341 e. The number of halogens is 1. The summed E-state index contributed by atoms with van der Waals surface area (Å²) < 4.78 is 12.9. The second-order valence-electron chi connectivity index (χ2n) is 5.20. The molecule has 104 valence electrons. The number of nitrogens with zero attached hydrogens (tertiary/aromatic N) is 1. The van der Waals surface area contributed by atoms with Crippen molar-refractivity contribution >= 4 is 5.91 Å². The highest BCUT2D eigenvalue weighted by Crippen LogP contribution is 2.27. The van der Waals surface area contributed by atoms with E-state index >= 15 is 0 Å². The number of carbonyl (C=O) groups excluding carboxylic acids is 1. The fraction of sp³-hybridized carbons (Fsp3) is 0.533. The molecule has 0 bridgehead atoms. The Morgan fingerprint density at radius 2 is 2.11 bits per heavy atom. The van der Waals surface area contributed by atoms with Gasteiger partial charge in [0, 0.05) is 31.5 Å². The number of rotatable bonds is 3. The first-order valence-electron chi connectivity index (χ1n) is 6.90. The molecule has 1 aliphatic rings. The molecule has 2 unspecified atom stereocenters. The van der Waals surface area contributed by atoms with E-state index in [0.717, 1.165) is 24.9 Å². The predicted molar refractivity (Wildman–Crippen MR) is 73.2 cm³/mol. The third-order valence-corrected chi connectivity index (χ3v) is 3.77. The molecule has 0 aliphatic carbocycles. The number of hydrogen-bond donors (Lipinski definition) is 1. The van der Waals surface area contributed by atoms with E-state index in [1.54, 1.807) is 12.1 Å². The SMILES string of the molecule is CCCC(=O)N1CCC(c2ccc(F)cc2)C(N)C1. The fourth-order valence-corrected chi connectivity index (χ4v) is 2.70. The second kappa shape index (κ2) is 6.15. The van der Waals surface area contributed by atoms with Crippen LogP contribution in [-0.4, -0.2) is 29.9 Å². The van der Waals surface area contributed by atoms with Crippen molar-refractivity contribution in [3.05, 3.63) is 35.6 Å². The molecule has 1 amide bonds. The first kappa shape index (κ1) is 14.0. The van der Waals surface area contributed by atoms with Crippen molar-refractivity contribution < 1.29 is 9.18 Å². The Morgan fingerprint density at radius 3 is 2.68 bits per heavy atom. The summed E-state index contributed by atoms with van der Waals surface area (Å²) in [7, 11) is 0. The average molecular weight is 264 g/mol. The highest BCUT2D eigenvalue weighted by Gasteiger charge is 2.29. The van der Waals surface area contributed by atoms with Gasteiger partial charge in [0.25, 0.3) is 0 Å². The van der Waals surface area contributed by atoms with Crippen molar-refractivity contribution in [2.75, 3.05) is 13.1 Å². The molecule has 19 heavy (non-hydrogen) atoms. The fourth-order valence-electron chi connectivity index (χ4n) is 2.70. The molecule has 0 radical (unpaired) electrons. The van der Waals surface area contributed by atoms with Gasteiger partial charge in [-0.15, -0.1) is 0 Å². The summed E-state index contributed by atoms with van der Waals surface area (Å²) in [5.41, 5.74) is 7.25. The number of piperidine rings is 1. The third-order valence-electron chi connectivity index (χ3n) is 3.77. The van der Waals surface area contributed by atoms with E-state index in [4.69, 9.17) is 5.73 Å². The lowest BCUT2D eigenvalue weighted by Crippen LogP contribution is -2.49. The zero-order valence-corrected chi connectivity index (χ0v) is 11.3. The number of amides is 1. The minimum absolute atomic E-state index is 0.0694. The summed E-state index contributed by atoms with van der Waals surface area (Å²) in [6.45, 7) is 3.35. The van der Waals surface area contributed by atoms with Crippen LogP contribution in [0.15, 0.2) is 24.3 Å². The molecule has 1 saturated heterocycles. The van der Waals surface area contributed by atoms with Crippen molar-refractivity contribution in [1.29, 1.82) is 0 Å². The zero-order chi connectivity index (χ0) is 13.8. The number of nitrogens with two attached hydrogens (primary N) is 1. The van der Waals surface area contributed by atoms with E-state index < -0.39 is 0 Å². The lowest BCUT2D eigenvalue weighted by Gasteiger charge is -2.37. The number of carbonyl (C=O) groups is 1. The van der Waals surface area contributed by atoms with Gasteiger partial charge >= 0.3 is 0 Å². The Balaban J connectivity index is 2.00. The van der Waals surface area contributed by atoms with Gasteiger partial charge in [-0.3, -0.25) is 4.79 Å². The van der Waals surface area contributed by atoms with Gasteiger partial charge in [0.2, 0.25) is 5.91 Å². The van der Waals surface area contributed by atoms with Gasteiger partial charge in [-0.2, -0.15) is 0 Å². The predicted octanol–water partition coefficient (Wildman–Crippen LogP) is 2.27. The summed E-state index contributed by atoms with van der Waals surface area (Å²) in [6.07, 6.45) is 2.31. The number of benzene rings is 1. The van der Waals surface area contributed by atoms with Crippen LogP contribution in [0.3, 0.4) is 0 Å². The lowest BCUT2D eigenvalue weighted by atomic mass is 9.85. The maximum Gasteiger partial charge on any atom is 0.222 e. The summed E-state index contributed by atoms with van der Waals surface area (Å²) in [6, 6.07) is 6.46. The average Bonchev–Trinajstić information content (AvgIpc) is 2.40. The molecule has 1 fully saturated rings. The van der Waals surface area contributed by atoms with Crippen LogP contribution in [0.1, 0.15) is 37.7 Å². The van der Waals surface area contributed by atoms with Gasteiger partial charge in [-0.05, 0) is 30.5 Å². The molecule has 0 saturated carbocycles. The Kier molecular flexibility index (Phi) is 4.53. The van der Waals surface area contributed by atoms with Crippen LogP contribution in [0.2, 0.25) is 0 Å². The van der Waals surface area contributed by atoms with Gasteiger partial charge < -0.3 is 10.6 Å². The Hall–Kier alpha value is -1.42. The topological polar surface area (TPSA) is 46.3 Å². The van der Waals surface area contributed by atoms with E-state index in [1.165, 1.54) is 12.1 Å². The largest absolute Gasteiger partial charge is 0.341 e. The van der Waals surface area contributed by atoms with E-state index in [1.807, 2.05) is 11.8 Å². The van der Waals surface area contributed by atoms with Gasteiger partial charge in [-0.25, -0.2) is 4.39 Å². The van der Waals surface area contributed by atoms with E-state index in [2.05, 4.69) is 0 Å². The third kappa shape index (κ3) is 3.32. The highest BCUT2D eigenvalue weighted by molar-refractivity contribution is 5.76. The van der Waals surface area contributed by atoms with Crippen molar-refractivity contribution in [1.82, 2.24) is 4.90 Å². The first-order valence-corrected chi connectivity index (χ1v) is 6.90. The van der Waals surface area contributed by atoms with Crippen LogP contribution < -0.4 is 5.73 Å². The van der Waals surface area contributed by atoms with Crippen LogP contribution in [0, 0.1) is 5.82 Å². The van der Waals surface area contributed by atoms with Crippen LogP contribution in [0.25, 0.3) is 0 Å². The Morgan fingerprint density at radius 1 is 1.42 bits per heavy atom. The van der Waals surface area contributed by atoms with Crippen LogP contribution in [0.5, 0.6) is 0 Å². The zero-order valence-electron chi connectivity index (χ0n) is 11.3. The Bertz CT molecular complexity index is 432. The number of likely N-dealkylation sites (tertiary alicyclic amines) is 1. The molecule has 0 aromatic heterocycles. The molecule has 0 spiro atoms. The highest BCUT2D eigenvalue weighted by atomic mass is 19.1.